The second-order valence-corrected chi connectivity index (χ2v) is 5.77. The molecule has 1 N–H and O–H groups in total. The van der Waals surface area contributed by atoms with Gasteiger partial charge in [-0.25, -0.2) is 0 Å². The molecule has 92 valence electrons. The van der Waals surface area contributed by atoms with E-state index in [1.54, 1.807) is 11.3 Å². The summed E-state index contributed by atoms with van der Waals surface area (Å²) in [5.41, 5.74) is 1.60. The van der Waals surface area contributed by atoms with E-state index in [0.29, 0.717) is 6.04 Å². The minimum Gasteiger partial charge on any atom is -0.312 e. The number of hydrogen-bond acceptors (Lipinski definition) is 3. The maximum Gasteiger partial charge on any atom is 0.0303 e. The van der Waals surface area contributed by atoms with Crippen LogP contribution in [0.25, 0.3) is 0 Å². The van der Waals surface area contributed by atoms with E-state index in [4.69, 9.17) is 0 Å². The Morgan fingerprint density at radius 1 is 1.44 bits per heavy atom. The quantitative estimate of drug-likeness (QED) is 0.822. The molecule has 0 bridgehead atoms. The molecule has 0 spiro atoms. The number of hydrogen-bond donors (Lipinski definition) is 1. The molecule has 1 heterocycles. The fourth-order valence-electron chi connectivity index (χ4n) is 1.77. The Bertz CT molecular complexity index is 291. The highest BCUT2D eigenvalue weighted by molar-refractivity contribution is 7.07. The zero-order valence-electron chi connectivity index (χ0n) is 11.1. The van der Waals surface area contributed by atoms with Crippen molar-refractivity contribution in [1.29, 1.82) is 0 Å². The predicted octanol–water partition coefficient (Wildman–Crippen LogP) is 2.61. The van der Waals surface area contributed by atoms with E-state index in [2.05, 4.69) is 61.9 Å². The summed E-state index contributed by atoms with van der Waals surface area (Å²) in [5.74, 6) is 0. The summed E-state index contributed by atoms with van der Waals surface area (Å²) in [6.07, 6.45) is 1.10. The molecule has 0 aliphatic carbocycles. The van der Waals surface area contributed by atoms with Crippen molar-refractivity contribution < 1.29 is 0 Å². The zero-order chi connectivity index (χ0) is 12.2. The second-order valence-electron chi connectivity index (χ2n) is 4.99. The Hall–Kier alpha value is -0.380. The molecule has 1 aromatic rings. The molecule has 1 aromatic heterocycles. The van der Waals surface area contributed by atoms with Crippen LogP contribution in [-0.2, 0) is 6.42 Å². The van der Waals surface area contributed by atoms with E-state index < -0.39 is 0 Å². The highest BCUT2D eigenvalue weighted by atomic mass is 32.1. The Labute approximate surface area is 104 Å². The Morgan fingerprint density at radius 2 is 2.12 bits per heavy atom. The van der Waals surface area contributed by atoms with Gasteiger partial charge in [-0.3, -0.25) is 0 Å². The number of thiophene rings is 1. The minimum absolute atomic E-state index is 0.165. The van der Waals surface area contributed by atoms with Gasteiger partial charge in [0.25, 0.3) is 0 Å². The van der Waals surface area contributed by atoms with Crippen molar-refractivity contribution in [3.05, 3.63) is 22.4 Å². The van der Waals surface area contributed by atoms with Crippen LogP contribution in [0.4, 0.5) is 0 Å². The molecule has 16 heavy (non-hydrogen) atoms. The van der Waals surface area contributed by atoms with Gasteiger partial charge in [0.05, 0.1) is 0 Å². The van der Waals surface area contributed by atoms with Gasteiger partial charge >= 0.3 is 0 Å². The van der Waals surface area contributed by atoms with Gasteiger partial charge in [0, 0.05) is 11.6 Å². The van der Waals surface area contributed by atoms with E-state index in [0.717, 1.165) is 13.0 Å². The molecule has 2 nitrogen and oxygen atoms in total. The van der Waals surface area contributed by atoms with Crippen LogP contribution in [-0.4, -0.2) is 37.1 Å². The monoisotopic (exact) mass is 240 g/mol. The molecule has 0 saturated carbocycles. The fourth-order valence-corrected chi connectivity index (χ4v) is 2.46. The minimum atomic E-state index is 0.165. The van der Waals surface area contributed by atoms with Gasteiger partial charge in [0.2, 0.25) is 0 Å². The van der Waals surface area contributed by atoms with Crippen molar-refractivity contribution in [2.75, 3.05) is 20.6 Å². The normalized spacial score (nSPS) is 14.4. The van der Waals surface area contributed by atoms with Gasteiger partial charge in [-0.15, -0.1) is 0 Å². The molecule has 3 heteroatoms. The topological polar surface area (TPSA) is 15.3 Å². The highest BCUT2D eigenvalue weighted by Gasteiger charge is 2.30. The first kappa shape index (κ1) is 13.7. The average Bonchev–Trinajstić information content (AvgIpc) is 2.69. The van der Waals surface area contributed by atoms with Crippen LogP contribution >= 0.6 is 11.3 Å². The number of nitrogens with zero attached hydrogens (tertiary/aromatic N) is 1. The van der Waals surface area contributed by atoms with Crippen molar-refractivity contribution in [2.45, 2.75) is 38.8 Å². The van der Waals surface area contributed by atoms with E-state index in [9.17, 15) is 0 Å². The third-order valence-corrected chi connectivity index (χ3v) is 4.21. The molecule has 0 saturated heterocycles. The van der Waals surface area contributed by atoms with Gasteiger partial charge in [-0.05, 0) is 63.3 Å². The van der Waals surface area contributed by atoms with E-state index in [-0.39, 0.29) is 5.54 Å². The van der Waals surface area contributed by atoms with E-state index in [1.165, 1.54) is 5.56 Å². The molecular weight excluding hydrogens is 216 g/mol. The number of nitrogens with one attached hydrogen (secondary N) is 1. The lowest BCUT2D eigenvalue weighted by Crippen LogP contribution is -2.56. The summed E-state index contributed by atoms with van der Waals surface area (Å²) in [5, 5.41) is 8.01. The fraction of sp³-hybridized carbons (Fsp3) is 0.692. The summed E-state index contributed by atoms with van der Waals surface area (Å²) >= 11 is 1.78. The number of rotatable bonds is 6. The van der Waals surface area contributed by atoms with Gasteiger partial charge in [0.1, 0.15) is 0 Å². The average molecular weight is 240 g/mol. The van der Waals surface area contributed by atoms with Gasteiger partial charge in [0.15, 0.2) is 0 Å². The third kappa shape index (κ3) is 3.30. The molecule has 0 radical (unpaired) electrons. The van der Waals surface area contributed by atoms with Crippen molar-refractivity contribution in [3.63, 3.8) is 0 Å². The lowest BCUT2D eigenvalue weighted by atomic mass is 9.89. The Balaban J connectivity index is 2.74. The Kier molecular flexibility index (Phi) is 4.96. The van der Waals surface area contributed by atoms with E-state index >= 15 is 0 Å². The van der Waals surface area contributed by atoms with Crippen LogP contribution in [0.2, 0.25) is 0 Å². The molecule has 1 rings (SSSR count). The highest BCUT2D eigenvalue weighted by Crippen LogP contribution is 2.20. The maximum atomic E-state index is 3.61. The summed E-state index contributed by atoms with van der Waals surface area (Å²) in [4.78, 5) is 2.30. The van der Waals surface area contributed by atoms with E-state index in [1.807, 2.05) is 0 Å². The van der Waals surface area contributed by atoms with Gasteiger partial charge in [-0.2, -0.15) is 11.3 Å². The first-order valence-corrected chi connectivity index (χ1v) is 6.84. The van der Waals surface area contributed by atoms with Crippen molar-refractivity contribution in [1.82, 2.24) is 10.2 Å². The molecule has 0 aromatic carbocycles. The Morgan fingerprint density at radius 3 is 2.56 bits per heavy atom. The van der Waals surface area contributed by atoms with Gasteiger partial charge < -0.3 is 10.2 Å². The smallest absolute Gasteiger partial charge is 0.0303 e. The van der Waals surface area contributed by atoms with Crippen LogP contribution in [0.5, 0.6) is 0 Å². The standard InChI is InChI=1S/C13H24N2S/c1-6-14-12(13(2,3)15(4)5)9-11-7-8-16-10-11/h7-8,10,12,14H,6,9H2,1-5H3. The SMILES string of the molecule is CCNC(Cc1ccsc1)C(C)(C)N(C)C. The molecule has 0 amide bonds. The first-order valence-electron chi connectivity index (χ1n) is 5.90. The molecule has 0 fully saturated rings. The summed E-state index contributed by atoms with van der Waals surface area (Å²) in [7, 11) is 4.30. The summed E-state index contributed by atoms with van der Waals surface area (Å²) in [6, 6.07) is 2.71. The lowest BCUT2D eigenvalue weighted by Gasteiger charge is -2.40. The first-order chi connectivity index (χ1) is 7.48. The summed E-state index contributed by atoms with van der Waals surface area (Å²) < 4.78 is 0. The zero-order valence-corrected chi connectivity index (χ0v) is 11.9. The van der Waals surface area contributed by atoms with Gasteiger partial charge in [-0.1, -0.05) is 6.92 Å². The molecule has 1 atom stereocenters. The van der Waals surface area contributed by atoms with Crippen LogP contribution < -0.4 is 5.32 Å². The third-order valence-electron chi connectivity index (χ3n) is 3.48. The lowest BCUT2D eigenvalue weighted by molar-refractivity contribution is 0.138. The molecule has 0 aliphatic rings. The van der Waals surface area contributed by atoms with Crippen LogP contribution in [0.1, 0.15) is 26.3 Å². The maximum absolute atomic E-state index is 3.61. The van der Waals surface area contributed by atoms with Crippen LogP contribution in [0, 0.1) is 0 Å². The van der Waals surface area contributed by atoms with Crippen molar-refractivity contribution in [3.8, 4) is 0 Å². The molecule has 1 unspecified atom stereocenters. The summed E-state index contributed by atoms with van der Waals surface area (Å²) in [6.45, 7) is 7.79. The van der Waals surface area contributed by atoms with Crippen molar-refractivity contribution >= 4 is 11.3 Å². The molecular formula is C13H24N2S. The predicted molar refractivity (Wildman–Crippen MR) is 73.3 cm³/mol. The largest absolute Gasteiger partial charge is 0.312 e. The van der Waals surface area contributed by atoms with Crippen LogP contribution in [0.3, 0.4) is 0 Å². The number of likely N-dealkylation sites (N-methyl/N-ethyl adjacent to an activating group) is 2. The molecule has 0 aliphatic heterocycles. The van der Waals surface area contributed by atoms with Crippen molar-refractivity contribution in [2.24, 2.45) is 0 Å². The second kappa shape index (κ2) is 5.80. The van der Waals surface area contributed by atoms with Crippen LogP contribution in [0.15, 0.2) is 16.8 Å².